The standard InChI is InChI=1S/C18H22ClN3O4/c1-13(2)7-9-22(11-17(23)20-16-8-10-26-21-16)18(24)12-25-15-5-3-14(19)4-6-15/h3-6,8,10,13H,7,9,11-12H2,1-2H3,(H,20,21,23). The number of hydrogen-bond acceptors (Lipinski definition) is 5. The zero-order chi connectivity index (χ0) is 18.9. The molecule has 0 saturated carbocycles. The maximum absolute atomic E-state index is 12.5. The van der Waals surface area contributed by atoms with Crippen LogP contribution in [-0.4, -0.2) is 41.6 Å². The molecular formula is C18H22ClN3O4. The van der Waals surface area contributed by atoms with Gasteiger partial charge in [-0.05, 0) is 36.6 Å². The maximum atomic E-state index is 12.5. The van der Waals surface area contributed by atoms with Gasteiger partial charge in [0.15, 0.2) is 12.4 Å². The van der Waals surface area contributed by atoms with Crippen molar-refractivity contribution in [3.8, 4) is 5.75 Å². The van der Waals surface area contributed by atoms with E-state index in [9.17, 15) is 9.59 Å². The number of aromatic nitrogens is 1. The van der Waals surface area contributed by atoms with Crippen LogP contribution < -0.4 is 10.1 Å². The molecule has 8 heteroatoms. The van der Waals surface area contributed by atoms with E-state index in [-0.39, 0.29) is 25.0 Å². The van der Waals surface area contributed by atoms with E-state index >= 15 is 0 Å². The Balaban J connectivity index is 1.92. The Hall–Kier alpha value is -2.54. The van der Waals surface area contributed by atoms with Gasteiger partial charge >= 0.3 is 0 Å². The fraction of sp³-hybridized carbons (Fsp3) is 0.389. The number of rotatable bonds is 9. The van der Waals surface area contributed by atoms with Gasteiger partial charge in [-0.25, -0.2) is 0 Å². The summed E-state index contributed by atoms with van der Waals surface area (Å²) in [6, 6.07) is 8.27. The Labute approximate surface area is 157 Å². The third kappa shape index (κ3) is 6.76. The van der Waals surface area contributed by atoms with Crippen LogP contribution >= 0.6 is 11.6 Å². The molecule has 2 rings (SSSR count). The molecule has 0 saturated heterocycles. The van der Waals surface area contributed by atoms with Crippen molar-refractivity contribution in [1.29, 1.82) is 0 Å². The summed E-state index contributed by atoms with van der Waals surface area (Å²) in [5, 5.41) is 6.79. The van der Waals surface area contributed by atoms with Gasteiger partial charge in [0.25, 0.3) is 5.91 Å². The van der Waals surface area contributed by atoms with Crippen molar-refractivity contribution in [1.82, 2.24) is 10.1 Å². The second-order valence-electron chi connectivity index (χ2n) is 6.17. The van der Waals surface area contributed by atoms with Crippen LogP contribution in [0.25, 0.3) is 0 Å². The first-order valence-corrected chi connectivity index (χ1v) is 8.68. The Kier molecular flexibility index (Phi) is 7.47. The lowest BCUT2D eigenvalue weighted by Crippen LogP contribution is -2.41. The molecule has 2 aromatic rings. The second kappa shape index (κ2) is 9.82. The summed E-state index contributed by atoms with van der Waals surface area (Å²) in [6.45, 7) is 4.34. The molecule has 26 heavy (non-hydrogen) atoms. The number of halogens is 1. The van der Waals surface area contributed by atoms with Crippen molar-refractivity contribution in [3.63, 3.8) is 0 Å². The first kappa shape index (κ1) is 19.8. The van der Waals surface area contributed by atoms with Crippen molar-refractivity contribution in [2.75, 3.05) is 25.0 Å². The minimum Gasteiger partial charge on any atom is -0.484 e. The van der Waals surface area contributed by atoms with Crippen molar-refractivity contribution >= 4 is 29.2 Å². The third-order valence-corrected chi connectivity index (χ3v) is 3.80. The third-order valence-electron chi connectivity index (χ3n) is 3.54. The van der Waals surface area contributed by atoms with Crippen molar-refractivity contribution in [2.45, 2.75) is 20.3 Å². The number of nitrogens with zero attached hydrogens (tertiary/aromatic N) is 2. The molecule has 1 aromatic heterocycles. The van der Waals surface area contributed by atoms with E-state index in [0.717, 1.165) is 6.42 Å². The highest BCUT2D eigenvalue weighted by molar-refractivity contribution is 6.30. The SMILES string of the molecule is CC(C)CCN(CC(=O)Nc1ccon1)C(=O)COc1ccc(Cl)cc1. The summed E-state index contributed by atoms with van der Waals surface area (Å²) in [5.41, 5.74) is 0. The van der Waals surface area contributed by atoms with Crippen LogP contribution in [0.3, 0.4) is 0 Å². The van der Waals surface area contributed by atoms with Crippen LogP contribution in [0.5, 0.6) is 5.75 Å². The average Bonchev–Trinajstić information content (AvgIpc) is 3.10. The number of anilines is 1. The van der Waals surface area contributed by atoms with Gasteiger partial charge in [0.05, 0.1) is 0 Å². The molecule has 0 aliphatic heterocycles. The van der Waals surface area contributed by atoms with Crippen molar-refractivity contribution < 1.29 is 18.8 Å². The van der Waals surface area contributed by atoms with Crippen LogP contribution in [0.2, 0.25) is 5.02 Å². The van der Waals surface area contributed by atoms with E-state index in [4.69, 9.17) is 16.3 Å². The predicted molar refractivity (Wildman–Crippen MR) is 98.1 cm³/mol. The minimum absolute atomic E-state index is 0.0810. The molecule has 1 heterocycles. The van der Waals surface area contributed by atoms with E-state index < -0.39 is 0 Å². The molecular weight excluding hydrogens is 358 g/mol. The van der Waals surface area contributed by atoms with Crippen LogP contribution in [0.1, 0.15) is 20.3 Å². The fourth-order valence-corrected chi connectivity index (χ4v) is 2.23. The summed E-state index contributed by atoms with van der Waals surface area (Å²) in [6.07, 6.45) is 2.14. The van der Waals surface area contributed by atoms with Crippen molar-refractivity contribution in [3.05, 3.63) is 41.6 Å². The largest absolute Gasteiger partial charge is 0.484 e. The predicted octanol–water partition coefficient (Wildman–Crippen LogP) is 3.22. The lowest BCUT2D eigenvalue weighted by molar-refractivity contribution is -0.136. The number of nitrogens with one attached hydrogen (secondary N) is 1. The lowest BCUT2D eigenvalue weighted by Gasteiger charge is -2.23. The molecule has 140 valence electrons. The van der Waals surface area contributed by atoms with E-state index in [1.54, 1.807) is 24.3 Å². The normalized spacial score (nSPS) is 10.6. The Morgan fingerprint density at radius 3 is 2.62 bits per heavy atom. The molecule has 1 aromatic carbocycles. The van der Waals surface area contributed by atoms with E-state index in [1.807, 2.05) is 0 Å². The number of amides is 2. The van der Waals surface area contributed by atoms with Gasteiger partial charge < -0.3 is 19.5 Å². The Morgan fingerprint density at radius 2 is 2.00 bits per heavy atom. The first-order valence-electron chi connectivity index (χ1n) is 8.30. The molecule has 0 aliphatic rings. The molecule has 7 nitrogen and oxygen atoms in total. The lowest BCUT2D eigenvalue weighted by atomic mass is 10.1. The van der Waals surface area contributed by atoms with Gasteiger partial charge in [-0.15, -0.1) is 0 Å². The number of carbonyl (C=O) groups excluding carboxylic acids is 2. The zero-order valence-corrected chi connectivity index (χ0v) is 15.5. The number of benzene rings is 1. The van der Waals surface area contributed by atoms with Gasteiger partial charge in [-0.3, -0.25) is 9.59 Å². The fourth-order valence-electron chi connectivity index (χ4n) is 2.11. The Morgan fingerprint density at radius 1 is 1.27 bits per heavy atom. The molecule has 0 spiro atoms. The highest BCUT2D eigenvalue weighted by atomic mass is 35.5. The van der Waals surface area contributed by atoms with Gasteiger partial charge in [0, 0.05) is 17.6 Å². The topological polar surface area (TPSA) is 84.7 Å². The number of ether oxygens (including phenoxy) is 1. The zero-order valence-electron chi connectivity index (χ0n) is 14.8. The van der Waals surface area contributed by atoms with Crippen LogP contribution in [-0.2, 0) is 9.59 Å². The smallest absolute Gasteiger partial charge is 0.260 e. The monoisotopic (exact) mass is 379 g/mol. The highest BCUT2D eigenvalue weighted by Gasteiger charge is 2.19. The van der Waals surface area contributed by atoms with Gasteiger partial charge in [0.2, 0.25) is 5.91 Å². The van der Waals surface area contributed by atoms with Crippen molar-refractivity contribution in [2.24, 2.45) is 5.92 Å². The maximum Gasteiger partial charge on any atom is 0.260 e. The summed E-state index contributed by atoms with van der Waals surface area (Å²) < 4.78 is 10.2. The number of hydrogen-bond donors (Lipinski definition) is 1. The summed E-state index contributed by atoms with van der Waals surface area (Å²) >= 11 is 5.82. The van der Waals surface area contributed by atoms with Gasteiger partial charge in [-0.2, -0.15) is 0 Å². The van der Waals surface area contributed by atoms with Crippen LogP contribution in [0.15, 0.2) is 41.1 Å². The molecule has 0 atom stereocenters. The molecule has 0 unspecified atom stereocenters. The molecule has 0 radical (unpaired) electrons. The highest BCUT2D eigenvalue weighted by Crippen LogP contribution is 2.15. The minimum atomic E-state index is -0.345. The molecule has 0 bridgehead atoms. The van der Waals surface area contributed by atoms with E-state index in [1.165, 1.54) is 17.2 Å². The molecule has 0 aliphatic carbocycles. The summed E-state index contributed by atoms with van der Waals surface area (Å²) in [7, 11) is 0. The summed E-state index contributed by atoms with van der Waals surface area (Å²) in [4.78, 5) is 26.1. The molecule has 1 N–H and O–H groups in total. The van der Waals surface area contributed by atoms with Crippen LogP contribution in [0.4, 0.5) is 5.82 Å². The molecule has 2 amide bonds. The molecule has 0 fully saturated rings. The number of carbonyl (C=O) groups is 2. The van der Waals surface area contributed by atoms with Gasteiger partial charge in [-0.1, -0.05) is 30.6 Å². The van der Waals surface area contributed by atoms with Gasteiger partial charge in [0.1, 0.15) is 18.6 Å². The first-order chi connectivity index (χ1) is 12.4. The quantitative estimate of drug-likeness (QED) is 0.723. The Bertz CT molecular complexity index is 702. The van der Waals surface area contributed by atoms with E-state index in [0.29, 0.717) is 29.1 Å². The average molecular weight is 380 g/mol. The van der Waals surface area contributed by atoms with E-state index in [2.05, 4.69) is 28.8 Å². The van der Waals surface area contributed by atoms with Crippen LogP contribution in [0, 0.1) is 5.92 Å². The summed E-state index contributed by atoms with van der Waals surface area (Å²) in [5.74, 6) is 0.641. The second-order valence-corrected chi connectivity index (χ2v) is 6.61.